The first kappa shape index (κ1) is 13.3. The molecule has 0 N–H and O–H groups in total. The molecule has 0 aromatic heterocycles. The van der Waals surface area contributed by atoms with E-state index >= 15 is 0 Å². The van der Waals surface area contributed by atoms with E-state index < -0.39 is 0 Å². The van der Waals surface area contributed by atoms with Gasteiger partial charge in [0.15, 0.2) is 0 Å². The minimum absolute atomic E-state index is 0.385. The van der Waals surface area contributed by atoms with Crippen molar-refractivity contribution in [3.8, 4) is 0 Å². The average molecular weight is 310 g/mol. The number of halogens is 3. The minimum atomic E-state index is 0.385. The van der Waals surface area contributed by atoms with Gasteiger partial charge in [-0.1, -0.05) is 59.4 Å². The van der Waals surface area contributed by atoms with Crippen LogP contribution in [0.15, 0.2) is 18.2 Å². The number of hydrogen-bond donors (Lipinski definition) is 0. The Morgan fingerprint density at radius 1 is 1.33 bits per heavy atom. The van der Waals surface area contributed by atoms with Crippen LogP contribution in [0, 0.1) is 0 Å². The van der Waals surface area contributed by atoms with Crippen molar-refractivity contribution in [1.82, 2.24) is 0 Å². The first-order chi connectivity index (χ1) is 7.06. The molecular weight excluding hydrogens is 295 g/mol. The molecule has 0 saturated heterocycles. The second-order valence-corrected chi connectivity index (χ2v) is 5.78. The highest BCUT2D eigenvalue weighted by atomic mass is 79.9. The molecule has 0 bridgehead atoms. The van der Waals surface area contributed by atoms with Crippen LogP contribution in [0.3, 0.4) is 0 Å². The van der Waals surface area contributed by atoms with Crippen molar-refractivity contribution < 1.29 is 0 Å². The molecule has 84 valence electrons. The predicted octanol–water partition coefficient (Wildman–Crippen LogP) is 5.66. The normalized spacial score (nSPS) is 15.0. The monoisotopic (exact) mass is 308 g/mol. The lowest BCUT2D eigenvalue weighted by atomic mass is 9.95. The highest BCUT2D eigenvalue weighted by Crippen LogP contribution is 2.33. The van der Waals surface area contributed by atoms with Gasteiger partial charge in [0.05, 0.1) is 0 Å². The lowest BCUT2D eigenvalue weighted by Crippen LogP contribution is -2.09. The summed E-state index contributed by atoms with van der Waals surface area (Å²) in [5.41, 5.74) is 1.12. The van der Waals surface area contributed by atoms with E-state index in [1.807, 2.05) is 18.2 Å². The maximum absolute atomic E-state index is 6.16. The van der Waals surface area contributed by atoms with Crippen LogP contribution >= 0.6 is 39.1 Å². The standard InChI is InChI=1S/C12H15BrCl2/c1-3-4-11(13)8(2)10-7-9(14)5-6-12(10)15/h5-8,11H,3-4H2,1-2H3. The van der Waals surface area contributed by atoms with Crippen LogP contribution in [0.5, 0.6) is 0 Å². The van der Waals surface area contributed by atoms with Gasteiger partial charge < -0.3 is 0 Å². The number of alkyl halides is 1. The Hall–Kier alpha value is 0.280. The van der Waals surface area contributed by atoms with Crippen molar-refractivity contribution in [1.29, 1.82) is 0 Å². The Balaban J connectivity index is 2.89. The second-order valence-electron chi connectivity index (χ2n) is 3.76. The third-order valence-electron chi connectivity index (χ3n) is 2.56. The molecule has 15 heavy (non-hydrogen) atoms. The lowest BCUT2D eigenvalue weighted by molar-refractivity contribution is 0.651. The zero-order valence-corrected chi connectivity index (χ0v) is 12.0. The molecule has 0 nitrogen and oxygen atoms in total. The molecule has 0 spiro atoms. The highest BCUT2D eigenvalue weighted by Gasteiger charge is 2.17. The third-order valence-corrected chi connectivity index (χ3v) is 4.39. The molecule has 2 unspecified atom stereocenters. The maximum atomic E-state index is 6.16. The van der Waals surface area contributed by atoms with Gasteiger partial charge in [-0.25, -0.2) is 0 Å². The molecule has 0 amide bonds. The Kier molecular flexibility index (Phi) is 5.45. The smallest absolute Gasteiger partial charge is 0.0442 e. The van der Waals surface area contributed by atoms with Crippen molar-refractivity contribution in [3.63, 3.8) is 0 Å². The fourth-order valence-electron chi connectivity index (χ4n) is 1.58. The van der Waals surface area contributed by atoms with Gasteiger partial charge in [-0.15, -0.1) is 0 Å². The number of benzene rings is 1. The van der Waals surface area contributed by atoms with Crippen molar-refractivity contribution in [2.75, 3.05) is 0 Å². The fourth-order valence-corrected chi connectivity index (χ4v) is 2.80. The summed E-state index contributed by atoms with van der Waals surface area (Å²) in [6.45, 7) is 4.35. The highest BCUT2D eigenvalue weighted by molar-refractivity contribution is 9.09. The molecule has 0 aliphatic rings. The van der Waals surface area contributed by atoms with Gasteiger partial charge in [0.1, 0.15) is 0 Å². The Labute approximate surface area is 110 Å². The van der Waals surface area contributed by atoms with Crippen molar-refractivity contribution in [3.05, 3.63) is 33.8 Å². The first-order valence-corrected chi connectivity index (χ1v) is 6.82. The lowest BCUT2D eigenvalue weighted by Gasteiger charge is -2.19. The molecule has 1 aromatic carbocycles. The van der Waals surface area contributed by atoms with Gasteiger partial charge in [0, 0.05) is 14.9 Å². The molecular formula is C12H15BrCl2. The molecule has 3 heteroatoms. The van der Waals surface area contributed by atoms with Crippen molar-refractivity contribution >= 4 is 39.1 Å². The minimum Gasteiger partial charge on any atom is -0.0884 e. The summed E-state index contributed by atoms with van der Waals surface area (Å²) in [7, 11) is 0. The van der Waals surface area contributed by atoms with E-state index in [9.17, 15) is 0 Å². The Morgan fingerprint density at radius 2 is 2.00 bits per heavy atom. The van der Waals surface area contributed by atoms with E-state index in [0.717, 1.165) is 22.0 Å². The van der Waals surface area contributed by atoms with Gasteiger partial charge >= 0.3 is 0 Å². The molecule has 1 aromatic rings. The van der Waals surface area contributed by atoms with Gasteiger partial charge in [0.25, 0.3) is 0 Å². The zero-order chi connectivity index (χ0) is 11.4. The predicted molar refractivity (Wildman–Crippen MR) is 72.5 cm³/mol. The molecule has 0 heterocycles. The van der Waals surface area contributed by atoms with E-state index in [1.54, 1.807) is 0 Å². The average Bonchev–Trinajstić information content (AvgIpc) is 2.21. The Bertz CT molecular complexity index is 325. The largest absolute Gasteiger partial charge is 0.0884 e. The molecule has 0 aliphatic carbocycles. The molecule has 1 rings (SSSR count). The van der Waals surface area contributed by atoms with Crippen LogP contribution in [-0.4, -0.2) is 4.83 Å². The summed E-state index contributed by atoms with van der Waals surface area (Å²) in [6.07, 6.45) is 2.31. The summed E-state index contributed by atoms with van der Waals surface area (Å²) in [6, 6.07) is 5.64. The van der Waals surface area contributed by atoms with E-state index in [1.165, 1.54) is 6.42 Å². The number of hydrogen-bond acceptors (Lipinski definition) is 0. The van der Waals surface area contributed by atoms with Crippen LogP contribution in [0.1, 0.15) is 38.2 Å². The molecule has 2 atom stereocenters. The van der Waals surface area contributed by atoms with Crippen LogP contribution in [0.2, 0.25) is 10.0 Å². The SMILES string of the molecule is CCCC(Br)C(C)c1cc(Cl)ccc1Cl. The molecule has 0 radical (unpaired) electrons. The topological polar surface area (TPSA) is 0 Å². The molecule has 0 fully saturated rings. The maximum Gasteiger partial charge on any atom is 0.0442 e. The van der Waals surface area contributed by atoms with E-state index in [0.29, 0.717) is 10.7 Å². The second kappa shape index (κ2) is 6.12. The van der Waals surface area contributed by atoms with Crippen LogP contribution < -0.4 is 0 Å². The summed E-state index contributed by atoms with van der Waals surface area (Å²) >= 11 is 15.8. The Morgan fingerprint density at radius 3 is 2.60 bits per heavy atom. The van der Waals surface area contributed by atoms with Crippen LogP contribution in [-0.2, 0) is 0 Å². The first-order valence-electron chi connectivity index (χ1n) is 5.15. The van der Waals surface area contributed by atoms with Gasteiger partial charge in [-0.2, -0.15) is 0 Å². The summed E-state index contributed by atoms with van der Waals surface area (Å²) in [5, 5.41) is 1.55. The summed E-state index contributed by atoms with van der Waals surface area (Å²) in [4.78, 5) is 0.457. The van der Waals surface area contributed by atoms with Crippen LogP contribution in [0.4, 0.5) is 0 Å². The third kappa shape index (κ3) is 3.65. The molecule has 0 aliphatic heterocycles. The van der Waals surface area contributed by atoms with Crippen molar-refractivity contribution in [2.24, 2.45) is 0 Å². The quantitative estimate of drug-likeness (QED) is 0.629. The van der Waals surface area contributed by atoms with Crippen molar-refractivity contribution in [2.45, 2.75) is 37.4 Å². The van der Waals surface area contributed by atoms with Gasteiger partial charge in [-0.3, -0.25) is 0 Å². The summed E-state index contributed by atoms with van der Waals surface area (Å²) in [5.74, 6) is 0.385. The van der Waals surface area contributed by atoms with Gasteiger partial charge in [-0.05, 0) is 36.1 Å². The molecule has 0 saturated carbocycles. The zero-order valence-electron chi connectivity index (χ0n) is 8.93. The van der Waals surface area contributed by atoms with E-state index in [4.69, 9.17) is 23.2 Å². The van der Waals surface area contributed by atoms with Crippen LogP contribution in [0.25, 0.3) is 0 Å². The van der Waals surface area contributed by atoms with Gasteiger partial charge in [0.2, 0.25) is 0 Å². The fraction of sp³-hybridized carbons (Fsp3) is 0.500. The van der Waals surface area contributed by atoms with E-state index in [2.05, 4.69) is 29.8 Å². The number of rotatable bonds is 4. The van der Waals surface area contributed by atoms with E-state index in [-0.39, 0.29) is 0 Å². The summed E-state index contributed by atoms with van der Waals surface area (Å²) < 4.78 is 0.